The van der Waals surface area contributed by atoms with Gasteiger partial charge in [0, 0.05) is 18.3 Å². The number of hydrogen-bond acceptors (Lipinski definition) is 1. The summed E-state index contributed by atoms with van der Waals surface area (Å²) in [6, 6.07) is 4.16. The fraction of sp³-hybridized carbons (Fsp3) is 0. The molecular weight excluding hydrogens is 219 g/mol. The highest BCUT2D eigenvalue weighted by Crippen LogP contribution is 2.19. The predicted octanol–water partition coefficient (Wildman–Crippen LogP) is 2.71. The summed E-state index contributed by atoms with van der Waals surface area (Å²) in [5.74, 6) is -3.39. The van der Waals surface area contributed by atoms with Crippen molar-refractivity contribution in [2.45, 2.75) is 0 Å². The zero-order chi connectivity index (χ0) is 11.7. The maximum Gasteiger partial charge on any atom is 0.182 e. The van der Waals surface area contributed by atoms with Gasteiger partial charge in [0.15, 0.2) is 17.9 Å². The Morgan fingerprint density at radius 3 is 2.62 bits per heavy atom. The number of halogens is 3. The average Bonchev–Trinajstić information content (AvgIpc) is 2.71. The summed E-state index contributed by atoms with van der Waals surface area (Å²) in [5.41, 5.74) is -0.214. The maximum atomic E-state index is 13.4. The van der Waals surface area contributed by atoms with Gasteiger partial charge in [-0.3, -0.25) is 4.79 Å². The Morgan fingerprint density at radius 2 is 1.94 bits per heavy atom. The Bertz CT molecular complexity index is 548. The summed E-state index contributed by atoms with van der Waals surface area (Å²) in [6.45, 7) is 0. The predicted molar refractivity (Wildman–Crippen MR) is 51.0 cm³/mol. The Morgan fingerprint density at radius 1 is 1.19 bits per heavy atom. The van der Waals surface area contributed by atoms with Gasteiger partial charge in [0.05, 0.1) is 11.4 Å². The van der Waals surface area contributed by atoms with Gasteiger partial charge >= 0.3 is 0 Å². The Kier molecular flexibility index (Phi) is 2.52. The van der Waals surface area contributed by atoms with Gasteiger partial charge in [-0.15, -0.1) is 0 Å². The molecule has 2 aromatic rings. The molecule has 0 unspecified atom stereocenters. The zero-order valence-corrected chi connectivity index (χ0v) is 7.95. The molecule has 1 aromatic carbocycles. The molecule has 0 saturated carbocycles. The SMILES string of the molecule is O=Cc1cccn1-c1cc(F)cc(F)c1F. The first-order valence-corrected chi connectivity index (χ1v) is 4.41. The van der Waals surface area contributed by atoms with E-state index in [9.17, 15) is 18.0 Å². The molecule has 0 spiro atoms. The largest absolute Gasteiger partial charge is 0.311 e. The van der Waals surface area contributed by atoms with Gasteiger partial charge in [-0.1, -0.05) is 0 Å². The van der Waals surface area contributed by atoms with Crippen LogP contribution in [0, 0.1) is 17.5 Å². The summed E-state index contributed by atoms with van der Waals surface area (Å²) >= 11 is 0. The quantitative estimate of drug-likeness (QED) is 0.569. The van der Waals surface area contributed by atoms with Crippen LogP contribution in [-0.2, 0) is 0 Å². The van der Waals surface area contributed by atoms with Gasteiger partial charge in [-0.25, -0.2) is 13.2 Å². The molecule has 0 N–H and O–H groups in total. The van der Waals surface area contributed by atoms with Crippen molar-refractivity contribution in [2.24, 2.45) is 0 Å². The van der Waals surface area contributed by atoms with Crippen LogP contribution in [0.15, 0.2) is 30.5 Å². The molecule has 0 bridgehead atoms. The fourth-order valence-electron chi connectivity index (χ4n) is 1.43. The van der Waals surface area contributed by atoms with Crippen molar-refractivity contribution in [1.82, 2.24) is 4.57 Å². The molecule has 0 aliphatic rings. The van der Waals surface area contributed by atoms with Crippen LogP contribution in [0.1, 0.15) is 10.5 Å². The highest BCUT2D eigenvalue weighted by molar-refractivity contribution is 5.73. The first kappa shape index (κ1) is 10.5. The lowest BCUT2D eigenvalue weighted by Gasteiger charge is -2.07. The number of nitrogens with zero attached hydrogens (tertiary/aromatic N) is 1. The van der Waals surface area contributed by atoms with E-state index in [2.05, 4.69) is 0 Å². The first-order chi connectivity index (χ1) is 7.63. The minimum atomic E-state index is -1.29. The normalized spacial score (nSPS) is 10.4. The molecule has 0 fully saturated rings. The van der Waals surface area contributed by atoms with Crippen LogP contribution in [0.3, 0.4) is 0 Å². The maximum absolute atomic E-state index is 13.4. The number of aldehydes is 1. The Hall–Kier alpha value is -2.04. The number of carbonyl (C=O) groups excluding carboxylic acids is 1. The van der Waals surface area contributed by atoms with Gasteiger partial charge < -0.3 is 4.57 Å². The molecule has 2 rings (SSSR count). The highest BCUT2D eigenvalue weighted by atomic mass is 19.2. The van der Waals surface area contributed by atoms with E-state index in [1.165, 1.54) is 18.3 Å². The molecule has 5 heteroatoms. The lowest BCUT2D eigenvalue weighted by molar-refractivity contribution is 0.111. The smallest absolute Gasteiger partial charge is 0.182 e. The molecule has 0 amide bonds. The van der Waals surface area contributed by atoms with Gasteiger partial charge in [-0.05, 0) is 12.1 Å². The van der Waals surface area contributed by atoms with Gasteiger partial charge in [-0.2, -0.15) is 0 Å². The molecule has 1 aromatic heterocycles. The second kappa shape index (κ2) is 3.84. The summed E-state index contributed by atoms with van der Waals surface area (Å²) in [5, 5.41) is 0. The average molecular weight is 225 g/mol. The monoisotopic (exact) mass is 225 g/mol. The third-order valence-corrected chi connectivity index (χ3v) is 2.13. The number of rotatable bonds is 2. The van der Waals surface area contributed by atoms with Crippen molar-refractivity contribution < 1.29 is 18.0 Å². The Balaban J connectivity index is 2.68. The van der Waals surface area contributed by atoms with E-state index in [4.69, 9.17) is 0 Å². The molecule has 82 valence electrons. The van der Waals surface area contributed by atoms with E-state index < -0.39 is 17.5 Å². The minimum absolute atomic E-state index is 0.115. The summed E-state index contributed by atoms with van der Waals surface area (Å²) < 4.78 is 40.3. The van der Waals surface area contributed by atoms with E-state index in [1.807, 2.05) is 0 Å². The Labute approximate surface area is 88.9 Å². The van der Waals surface area contributed by atoms with Crippen molar-refractivity contribution in [1.29, 1.82) is 0 Å². The van der Waals surface area contributed by atoms with Crippen molar-refractivity contribution in [3.63, 3.8) is 0 Å². The van der Waals surface area contributed by atoms with Crippen LogP contribution in [0.25, 0.3) is 5.69 Å². The molecule has 2 nitrogen and oxygen atoms in total. The highest BCUT2D eigenvalue weighted by Gasteiger charge is 2.14. The van der Waals surface area contributed by atoms with Gasteiger partial charge in [0.25, 0.3) is 0 Å². The van der Waals surface area contributed by atoms with E-state index in [-0.39, 0.29) is 11.4 Å². The second-order valence-electron chi connectivity index (χ2n) is 3.14. The lowest BCUT2D eigenvalue weighted by Crippen LogP contribution is -2.03. The third-order valence-electron chi connectivity index (χ3n) is 2.13. The van der Waals surface area contributed by atoms with Crippen LogP contribution in [0.4, 0.5) is 13.2 Å². The first-order valence-electron chi connectivity index (χ1n) is 4.41. The molecule has 0 aliphatic carbocycles. The van der Waals surface area contributed by atoms with Crippen LogP contribution >= 0.6 is 0 Å². The van der Waals surface area contributed by atoms with Crippen molar-refractivity contribution in [3.05, 3.63) is 53.6 Å². The van der Waals surface area contributed by atoms with E-state index >= 15 is 0 Å². The zero-order valence-electron chi connectivity index (χ0n) is 7.95. The van der Waals surface area contributed by atoms with Gasteiger partial charge in [0.2, 0.25) is 0 Å². The van der Waals surface area contributed by atoms with Crippen molar-refractivity contribution in [3.8, 4) is 5.69 Å². The van der Waals surface area contributed by atoms with E-state index in [0.29, 0.717) is 12.4 Å². The van der Waals surface area contributed by atoms with Crippen LogP contribution in [0.5, 0.6) is 0 Å². The lowest BCUT2D eigenvalue weighted by atomic mass is 10.2. The van der Waals surface area contributed by atoms with Crippen molar-refractivity contribution in [2.75, 3.05) is 0 Å². The molecule has 0 aliphatic heterocycles. The fourth-order valence-corrected chi connectivity index (χ4v) is 1.43. The number of aromatic nitrogens is 1. The van der Waals surface area contributed by atoms with E-state index in [0.717, 1.165) is 10.6 Å². The standard InChI is InChI=1S/C11H6F3NO/c12-7-4-9(13)11(14)10(5-7)15-3-1-2-8(15)6-16/h1-6H. The summed E-state index contributed by atoms with van der Waals surface area (Å²) in [6.07, 6.45) is 1.82. The number of carbonyl (C=O) groups is 1. The van der Waals surface area contributed by atoms with Crippen LogP contribution in [0.2, 0.25) is 0 Å². The van der Waals surface area contributed by atoms with E-state index in [1.54, 1.807) is 0 Å². The summed E-state index contributed by atoms with van der Waals surface area (Å²) in [4.78, 5) is 10.6. The summed E-state index contributed by atoms with van der Waals surface area (Å²) in [7, 11) is 0. The van der Waals surface area contributed by atoms with Gasteiger partial charge in [0.1, 0.15) is 5.82 Å². The molecule has 16 heavy (non-hydrogen) atoms. The molecular formula is C11H6F3NO. The number of benzene rings is 1. The minimum Gasteiger partial charge on any atom is -0.311 e. The molecule has 0 saturated heterocycles. The van der Waals surface area contributed by atoms with Crippen LogP contribution < -0.4 is 0 Å². The van der Waals surface area contributed by atoms with Crippen LogP contribution in [-0.4, -0.2) is 10.9 Å². The van der Waals surface area contributed by atoms with Crippen molar-refractivity contribution >= 4 is 6.29 Å². The third kappa shape index (κ3) is 1.60. The number of hydrogen-bond donors (Lipinski definition) is 0. The molecule has 0 atom stereocenters. The molecule has 0 radical (unpaired) electrons. The second-order valence-corrected chi connectivity index (χ2v) is 3.14. The molecule has 1 heterocycles. The topological polar surface area (TPSA) is 22.0 Å².